The second kappa shape index (κ2) is 6.72. The summed E-state index contributed by atoms with van der Waals surface area (Å²) < 4.78 is 44.5. The van der Waals surface area contributed by atoms with E-state index in [9.17, 15) is 13.3 Å². The first kappa shape index (κ1) is 16.9. The number of hydrogen-bond acceptors (Lipinski definition) is 2. The summed E-state index contributed by atoms with van der Waals surface area (Å²) in [6.07, 6.45) is 0. The fraction of sp³-hybridized carbons (Fsp3) is 0.294. The van der Waals surface area contributed by atoms with Crippen molar-refractivity contribution in [2.75, 3.05) is 13.3 Å². The van der Waals surface area contributed by atoms with E-state index < -0.39 is 19.0 Å². The highest BCUT2D eigenvalue weighted by atomic mass is 31.2. The Morgan fingerprint density at radius 2 is 1.77 bits per heavy atom. The van der Waals surface area contributed by atoms with Crippen LogP contribution in [0.4, 0.5) is 8.78 Å². The minimum atomic E-state index is -2.81. The molecule has 118 valence electrons. The van der Waals surface area contributed by atoms with Crippen molar-refractivity contribution in [2.45, 2.75) is 19.8 Å². The van der Waals surface area contributed by atoms with Crippen LogP contribution < -0.4 is 5.30 Å². The maximum Gasteiger partial charge on any atom is 0.229 e. The molecule has 5 heteroatoms. The Balaban J connectivity index is 2.28. The summed E-state index contributed by atoms with van der Waals surface area (Å²) in [4.78, 5) is 0. The van der Waals surface area contributed by atoms with Crippen molar-refractivity contribution in [1.82, 2.24) is 0 Å². The Morgan fingerprint density at radius 3 is 2.32 bits per heavy atom. The van der Waals surface area contributed by atoms with E-state index >= 15 is 0 Å². The van der Waals surface area contributed by atoms with Gasteiger partial charge >= 0.3 is 0 Å². The Bertz CT molecular complexity index is 698. The zero-order valence-corrected chi connectivity index (χ0v) is 13.7. The first-order valence-electron chi connectivity index (χ1n) is 7.12. The third-order valence-electron chi connectivity index (χ3n) is 3.67. The van der Waals surface area contributed by atoms with Crippen LogP contribution in [0.2, 0.25) is 0 Å². The van der Waals surface area contributed by atoms with Gasteiger partial charge in [0.1, 0.15) is 11.6 Å². The molecule has 0 aliphatic carbocycles. The van der Waals surface area contributed by atoms with Gasteiger partial charge in [-0.25, -0.2) is 8.78 Å². The lowest BCUT2D eigenvalue weighted by Gasteiger charge is -2.16. The summed E-state index contributed by atoms with van der Waals surface area (Å²) >= 11 is 0. The summed E-state index contributed by atoms with van der Waals surface area (Å²) in [5.74, 6) is -1.38. The SMILES string of the molecule is CCOP(C)(=O)c1ccc([C@H](C)c2ccc(F)cc2F)cc1. The van der Waals surface area contributed by atoms with E-state index in [1.54, 1.807) is 37.9 Å². The van der Waals surface area contributed by atoms with Gasteiger partial charge in [-0.2, -0.15) is 0 Å². The highest BCUT2D eigenvalue weighted by molar-refractivity contribution is 7.66. The highest BCUT2D eigenvalue weighted by Crippen LogP contribution is 2.41. The molecule has 0 fully saturated rings. The molecule has 0 N–H and O–H groups in total. The first-order valence-corrected chi connectivity index (χ1v) is 9.20. The Morgan fingerprint density at radius 1 is 1.14 bits per heavy atom. The highest BCUT2D eigenvalue weighted by Gasteiger charge is 2.19. The largest absolute Gasteiger partial charge is 0.326 e. The molecule has 0 radical (unpaired) electrons. The van der Waals surface area contributed by atoms with E-state index in [1.165, 1.54) is 12.1 Å². The third-order valence-corrected chi connectivity index (χ3v) is 5.65. The summed E-state index contributed by atoms with van der Waals surface area (Å²) in [5, 5.41) is 0.630. The van der Waals surface area contributed by atoms with Crippen molar-refractivity contribution in [1.29, 1.82) is 0 Å². The van der Waals surface area contributed by atoms with Crippen molar-refractivity contribution in [2.24, 2.45) is 0 Å². The van der Waals surface area contributed by atoms with Gasteiger partial charge in [-0.05, 0) is 36.2 Å². The molecule has 0 aliphatic heterocycles. The molecule has 0 aliphatic rings. The average molecular weight is 324 g/mol. The summed E-state index contributed by atoms with van der Waals surface area (Å²) in [6, 6.07) is 10.7. The number of rotatable bonds is 5. The predicted octanol–water partition coefficient (Wildman–Crippen LogP) is 4.69. The second-order valence-corrected chi connectivity index (χ2v) is 7.71. The fourth-order valence-electron chi connectivity index (χ4n) is 2.39. The quantitative estimate of drug-likeness (QED) is 0.746. The van der Waals surface area contributed by atoms with Crippen LogP contribution in [0.5, 0.6) is 0 Å². The zero-order valence-electron chi connectivity index (χ0n) is 12.8. The van der Waals surface area contributed by atoms with Gasteiger partial charge in [-0.3, -0.25) is 4.57 Å². The molecule has 2 aromatic rings. The molecule has 0 saturated heterocycles. The van der Waals surface area contributed by atoms with E-state index in [1.807, 2.05) is 6.92 Å². The lowest BCUT2D eigenvalue weighted by atomic mass is 9.93. The molecular formula is C17H19F2O2P. The molecule has 2 aromatic carbocycles. The molecule has 0 aromatic heterocycles. The smallest absolute Gasteiger partial charge is 0.229 e. The number of hydrogen-bond donors (Lipinski definition) is 0. The Hall–Kier alpha value is -1.51. The summed E-state index contributed by atoms with van der Waals surface area (Å²) in [5.41, 5.74) is 1.30. The van der Waals surface area contributed by atoms with E-state index in [4.69, 9.17) is 4.52 Å². The van der Waals surface area contributed by atoms with Gasteiger partial charge in [0, 0.05) is 24.0 Å². The van der Waals surface area contributed by atoms with Crippen molar-refractivity contribution >= 4 is 12.7 Å². The van der Waals surface area contributed by atoms with E-state index in [-0.39, 0.29) is 5.92 Å². The van der Waals surface area contributed by atoms with Crippen LogP contribution in [0.25, 0.3) is 0 Å². The topological polar surface area (TPSA) is 26.3 Å². The minimum Gasteiger partial charge on any atom is -0.326 e. The standard InChI is InChI=1S/C17H19F2O2P/c1-4-21-22(3,20)15-8-5-13(6-9-15)12(2)16-10-7-14(18)11-17(16)19/h5-12H,4H2,1-3H3/t12-,22?/m0/s1. The van der Waals surface area contributed by atoms with Crippen molar-refractivity contribution in [3.05, 3.63) is 65.2 Å². The van der Waals surface area contributed by atoms with Gasteiger partial charge in [-0.1, -0.05) is 25.1 Å². The first-order chi connectivity index (χ1) is 10.3. The lowest BCUT2D eigenvalue weighted by Crippen LogP contribution is -2.08. The van der Waals surface area contributed by atoms with Gasteiger partial charge < -0.3 is 4.52 Å². The molecule has 2 rings (SSSR count). The number of benzene rings is 2. The maximum absolute atomic E-state index is 13.9. The van der Waals surface area contributed by atoms with Gasteiger partial charge in [-0.15, -0.1) is 0 Å². The molecule has 0 amide bonds. The molecule has 0 heterocycles. The van der Waals surface area contributed by atoms with Crippen LogP contribution >= 0.6 is 7.37 Å². The third kappa shape index (κ3) is 3.63. The van der Waals surface area contributed by atoms with Gasteiger partial charge in [0.25, 0.3) is 0 Å². The molecule has 0 saturated carbocycles. The van der Waals surface area contributed by atoms with E-state index in [2.05, 4.69) is 0 Å². The maximum atomic E-state index is 13.9. The number of halogens is 2. The van der Waals surface area contributed by atoms with Gasteiger partial charge in [0.15, 0.2) is 0 Å². The van der Waals surface area contributed by atoms with E-state index in [0.717, 1.165) is 11.6 Å². The van der Waals surface area contributed by atoms with Crippen LogP contribution in [0, 0.1) is 11.6 Å². The van der Waals surface area contributed by atoms with Crippen molar-refractivity contribution in [3.63, 3.8) is 0 Å². The van der Waals surface area contributed by atoms with E-state index in [0.29, 0.717) is 17.5 Å². The molecule has 1 unspecified atom stereocenters. The second-order valence-electron chi connectivity index (χ2n) is 5.24. The van der Waals surface area contributed by atoms with Crippen LogP contribution in [0.3, 0.4) is 0 Å². The molecular weight excluding hydrogens is 305 g/mol. The molecule has 2 nitrogen and oxygen atoms in total. The van der Waals surface area contributed by atoms with Crippen LogP contribution in [0.1, 0.15) is 30.9 Å². The van der Waals surface area contributed by atoms with Gasteiger partial charge in [0.05, 0.1) is 6.61 Å². The van der Waals surface area contributed by atoms with Gasteiger partial charge in [0.2, 0.25) is 7.37 Å². The van der Waals surface area contributed by atoms with Crippen molar-refractivity contribution in [3.8, 4) is 0 Å². The Labute approximate surface area is 129 Å². The minimum absolute atomic E-state index is 0.224. The van der Waals surface area contributed by atoms with Crippen LogP contribution in [-0.4, -0.2) is 13.3 Å². The molecule has 2 atom stereocenters. The average Bonchev–Trinajstić information content (AvgIpc) is 2.47. The molecule has 22 heavy (non-hydrogen) atoms. The monoisotopic (exact) mass is 324 g/mol. The summed E-state index contributed by atoms with van der Waals surface area (Å²) in [6.45, 7) is 5.60. The van der Waals surface area contributed by atoms with Crippen molar-refractivity contribution < 1.29 is 17.9 Å². The fourth-order valence-corrected chi connectivity index (χ4v) is 3.72. The van der Waals surface area contributed by atoms with Crippen LogP contribution in [-0.2, 0) is 9.09 Å². The molecule has 0 bridgehead atoms. The lowest BCUT2D eigenvalue weighted by molar-refractivity contribution is 0.345. The summed E-state index contributed by atoms with van der Waals surface area (Å²) in [7, 11) is -2.81. The van der Waals surface area contributed by atoms with Crippen LogP contribution in [0.15, 0.2) is 42.5 Å². The predicted molar refractivity (Wildman–Crippen MR) is 85.1 cm³/mol. The normalized spacial score (nSPS) is 15.3. The Kier molecular flexibility index (Phi) is 5.15. The molecule has 0 spiro atoms. The zero-order chi connectivity index (χ0) is 16.3.